The van der Waals surface area contributed by atoms with Gasteiger partial charge in [-0.1, -0.05) is 12.1 Å². The van der Waals surface area contributed by atoms with Crippen molar-refractivity contribution in [1.29, 1.82) is 0 Å². The normalized spacial score (nSPS) is 15.5. The Balaban J connectivity index is 1.81. The van der Waals surface area contributed by atoms with Crippen molar-refractivity contribution in [3.05, 3.63) is 41.5 Å². The maximum Gasteiger partial charge on any atom is 0.337 e. The Bertz CT molecular complexity index is 727. The Morgan fingerprint density at radius 2 is 1.75 bits per heavy atom. The molecule has 0 aromatic heterocycles. The largest absolute Gasteiger partial charge is 0.465 e. The monoisotopic (exact) mass is 388 g/mol. The van der Waals surface area contributed by atoms with Gasteiger partial charge >= 0.3 is 5.97 Å². The molecule has 1 aliphatic rings. The van der Waals surface area contributed by atoms with Crippen molar-refractivity contribution < 1.29 is 24.0 Å². The number of piperazine rings is 1. The van der Waals surface area contributed by atoms with E-state index in [4.69, 9.17) is 0 Å². The molecule has 1 aromatic rings. The summed E-state index contributed by atoms with van der Waals surface area (Å²) in [5.41, 5.74) is 1.08. The minimum absolute atomic E-state index is 0.0394. The Hall–Kier alpha value is -2.67. The second-order valence-corrected chi connectivity index (χ2v) is 8.00. The molecule has 7 nitrogen and oxygen atoms in total. The summed E-state index contributed by atoms with van der Waals surface area (Å²) in [6.45, 7) is 9.09. The minimum atomic E-state index is -0.386. The van der Waals surface area contributed by atoms with E-state index < -0.39 is 0 Å². The second-order valence-electron chi connectivity index (χ2n) is 8.00. The van der Waals surface area contributed by atoms with Gasteiger partial charge in [-0.25, -0.2) is 4.79 Å². The lowest BCUT2D eigenvalue weighted by atomic mass is 10.1. The van der Waals surface area contributed by atoms with Gasteiger partial charge in [0.25, 0.3) is 5.91 Å². The Labute approximate surface area is 166 Å². The van der Waals surface area contributed by atoms with Crippen LogP contribution in [-0.2, 0) is 14.3 Å². The zero-order valence-corrected chi connectivity index (χ0v) is 17.1. The van der Waals surface area contributed by atoms with Crippen LogP contribution in [0.1, 0.15) is 36.7 Å². The SMILES string of the molecule is COC(=O)c1ccc(/C=C/C(=O)N2CC[NH+](CC(=O)NC(C)(C)C)CC2)cc1. The van der Waals surface area contributed by atoms with E-state index in [0.717, 1.165) is 18.7 Å². The van der Waals surface area contributed by atoms with Gasteiger partial charge in [0.05, 0.1) is 38.9 Å². The average Bonchev–Trinajstić information content (AvgIpc) is 2.65. The van der Waals surface area contributed by atoms with E-state index in [1.165, 1.54) is 12.0 Å². The molecule has 1 saturated heterocycles. The molecule has 2 N–H and O–H groups in total. The van der Waals surface area contributed by atoms with Crippen molar-refractivity contribution in [2.24, 2.45) is 0 Å². The van der Waals surface area contributed by atoms with Crippen LogP contribution in [0.3, 0.4) is 0 Å². The number of hydrogen-bond acceptors (Lipinski definition) is 4. The summed E-state index contributed by atoms with van der Waals surface area (Å²) in [6, 6.07) is 6.87. The number of rotatable bonds is 5. The zero-order chi connectivity index (χ0) is 20.7. The van der Waals surface area contributed by atoms with Crippen molar-refractivity contribution in [3.8, 4) is 0 Å². The summed E-state index contributed by atoms with van der Waals surface area (Å²) < 4.78 is 4.67. The van der Waals surface area contributed by atoms with Crippen LogP contribution in [-0.4, -0.2) is 68.1 Å². The van der Waals surface area contributed by atoms with Crippen LogP contribution < -0.4 is 10.2 Å². The summed E-state index contributed by atoms with van der Waals surface area (Å²) in [7, 11) is 1.34. The lowest BCUT2D eigenvalue weighted by molar-refractivity contribution is -0.896. The van der Waals surface area contributed by atoms with E-state index in [1.54, 1.807) is 41.3 Å². The number of carbonyl (C=O) groups excluding carboxylic acids is 3. The van der Waals surface area contributed by atoms with Gasteiger partial charge in [0.1, 0.15) is 0 Å². The first-order valence-corrected chi connectivity index (χ1v) is 9.48. The van der Waals surface area contributed by atoms with Gasteiger partial charge < -0.3 is 19.9 Å². The molecule has 1 aliphatic heterocycles. The highest BCUT2D eigenvalue weighted by molar-refractivity contribution is 5.92. The highest BCUT2D eigenvalue weighted by atomic mass is 16.5. The summed E-state index contributed by atoms with van der Waals surface area (Å²) >= 11 is 0. The molecule has 28 heavy (non-hydrogen) atoms. The number of nitrogens with zero attached hydrogens (tertiary/aromatic N) is 1. The standard InChI is InChI=1S/C21H29N3O4/c1-21(2,3)22-18(25)15-23-11-13-24(14-12-23)19(26)10-7-16-5-8-17(9-6-16)20(27)28-4/h5-10H,11-15H2,1-4H3,(H,22,25)/p+1/b10-7+. The smallest absolute Gasteiger partial charge is 0.337 e. The number of esters is 1. The molecular weight excluding hydrogens is 358 g/mol. The van der Waals surface area contributed by atoms with Crippen LogP contribution in [0.15, 0.2) is 30.3 Å². The van der Waals surface area contributed by atoms with Gasteiger partial charge in [-0.05, 0) is 44.5 Å². The highest BCUT2D eigenvalue weighted by Crippen LogP contribution is 2.08. The molecule has 7 heteroatoms. The summed E-state index contributed by atoms with van der Waals surface area (Å²) in [6.07, 6.45) is 3.28. The number of carbonyl (C=O) groups is 3. The van der Waals surface area contributed by atoms with Gasteiger partial charge in [-0.2, -0.15) is 0 Å². The molecule has 0 atom stereocenters. The number of methoxy groups -OCH3 is 1. The molecule has 0 aliphatic carbocycles. The number of nitrogens with one attached hydrogen (secondary N) is 2. The van der Waals surface area contributed by atoms with Crippen LogP contribution in [0.2, 0.25) is 0 Å². The summed E-state index contributed by atoms with van der Waals surface area (Å²) in [5, 5.41) is 2.97. The molecule has 1 heterocycles. The fraction of sp³-hybridized carbons (Fsp3) is 0.476. The van der Waals surface area contributed by atoms with Gasteiger partial charge in [0.2, 0.25) is 5.91 Å². The third kappa shape index (κ3) is 6.81. The van der Waals surface area contributed by atoms with E-state index in [1.807, 2.05) is 20.8 Å². The maximum absolute atomic E-state index is 12.4. The van der Waals surface area contributed by atoms with Crippen LogP contribution in [0.5, 0.6) is 0 Å². The molecule has 1 aromatic carbocycles. The van der Waals surface area contributed by atoms with Gasteiger partial charge in [-0.3, -0.25) is 9.59 Å². The quantitative estimate of drug-likeness (QED) is 0.555. The average molecular weight is 388 g/mol. The molecule has 2 rings (SSSR count). The molecule has 2 amide bonds. The van der Waals surface area contributed by atoms with Crippen LogP contribution in [0.4, 0.5) is 0 Å². The summed E-state index contributed by atoms with van der Waals surface area (Å²) in [5.74, 6) is -0.393. The number of hydrogen-bond donors (Lipinski definition) is 2. The third-order valence-electron chi connectivity index (χ3n) is 4.46. The van der Waals surface area contributed by atoms with Crippen LogP contribution in [0.25, 0.3) is 6.08 Å². The molecule has 0 bridgehead atoms. The van der Waals surface area contributed by atoms with E-state index in [2.05, 4.69) is 10.1 Å². The topological polar surface area (TPSA) is 80.2 Å². The number of quaternary nitrogens is 1. The fourth-order valence-corrected chi connectivity index (χ4v) is 3.03. The van der Waals surface area contributed by atoms with Crippen molar-refractivity contribution >= 4 is 23.9 Å². The number of benzene rings is 1. The predicted molar refractivity (Wildman–Crippen MR) is 107 cm³/mol. The minimum Gasteiger partial charge on any atom is -0.465 e. The van der Waals surface area contributed by atoms with Gasteiger partial charge in [0.15, 0.2) is 6.54 Å². The number of ether oxygens (including phenoxy) is 1. The first-order chi connectivity index (χ1) is 13.2. The molecule has 0 radical (unpaired) electrons. The Morgan fingerprint density at radius 3 is 2.29 bits per heavy atom. The predicted octanol–water partition coefficient (Wildman–Crippen LogP) is 0.128. The lowest BCUT2D eigenvalue weighted by Crippen LogP contribution is -3.16. The third-order valence-corrected chi connectivity index (χ3v) is 4.46. The molecule has 1 fully saturated rings. The Morgan fingerprint density at radius 1 is 1.14 bits per heavy atom. The highest BCUT2D eigenvalue weighted by Gasteiger charge is 2.25. The molecular formula is C21H30N3O4+. The fourth-order valence-electron chi connectivity index (χ4n) is 3.03. The van der Waals surface area contributed by atoms with E-state index >= 15 is 0 Å². The van der Waals surface area contributed by atoms with Crippen LogP contribution >= 0.6 is 0 Å². The van der Waals surface area contributed by atoms with E-state index in [9.17, 15) is 14.4 Å². The Kier molecular flexibility index (Phi) is 7.34. The molecule has 0 unspecified atom stereocenters. The zero-order valence-electron chi connectivity index (χ0n) is 17.1. The first-order valence-electron chi connectivity index (χ1n) is 9.48. The molecule has 152 valence electrons. The lowest BCUT2D eigenvalue weighted by Gasteiger charge is -2.32. The maximum atomic E-state index is 12.4. The van der Waals surface area contributed by atoms with Gasteiger partial charge in [0, 0.05) is 11.6 Å². The summed E-state index contributed by atoms with van der Waals surface area (Å²) in [4.78, 5) is 38.8. The first kappa shape index (κ1) is 21.6. The van der Waals surface area contributed by atoms with E-state index in [0.29, 0.717) is 25.2 Å². The van der Waals surface area contributed by atoms with E-state index in [-0.39, 0.29) is 23.3 Å². The molecule has 0 saturated carbocycles. The van der Waals surface area contributed by atoms with Crippen molar-refractivity contribution in [1.82, 2.24) is 10.2 Å². The second kappa shape index (κ2) is 9.50. The van der Waals surface area contributed by atoms with Gasteiger partial charge in [-0.15, -0.1) is 0 Å². The van der Waals surface area contributed by atoms with Crippen LogP contribution in [0, 0.1) is 0 Å². The van der Waals surface area contributed by atoms with Crippen molar-refractivity contribution in [2.75, 3.05) is 39.8 Å². The van der Waals surface area contributed by atoms with Crippen molar-refractivity contribution in [2.45, 2.75) is 26.3 Å². The number of amides is 2. The van der Waals surface area contributed by atoms with Crippen molar-refractivity contribution in [3.63, 3.8) is 0 Å². The molecule has 0 spiro atoms.